The highest BCUT2D eigenvalue weighted by Crippen LogP contribution is 2.29. The molecule has 2 atom stereocenters. The Kier molecular flexibility index (Phi) is 5.09. The Balaban J connectivity index is 2.24. The summed E-state index contributed by atoms with van der Waals surface area (Å²) in [6.07, 6.45) is 4.30. The van der Waals surface area contributed by atoms with Gasteiger partial charge in [0, 0.05) is 15.0 Å². The van der Waals surface area contributed by atoms with Gasteiger partial charge in [0.15, 0.2) is 0 Å². The smallest absolute Gasteiger partial charge is 0.208 e. The molecule has 1 aromatic rings. The van der Waals surface area contributed by atoms with Crippen molar-refractivity contribution in [2.75, 3.05) is 0 Å². The first kappa shape index (κ1) is 15.5. The number of rotatable bonds is 3. The van der Waals surface area contributed by atoms with Crippen molar-refractivity contribution in [2.24, 2.45) is 5.92 Å². The number of hydrogen-bond donors (Lipinski definition) is 1. The lowest BCUT2D eigenvalue weighted by Crippen LogP contribution is -2.41. The van der Waals surface area contributed by atoms with Gasteiger partial charge in [0.2, 0.25) is 10.0 Å². The summed E-state index contributed by atoms with van der Waals surface area (Å²) in [6, 6.07) is 5.22. The SMILES string of the molecule is C[C@H]1CCCC[C@@H]1NS(=O)(=O)c1cc(Br)ccc1Br. The van der Waals surface area contributed by atoms with Gasteiger partial charge >= 0.3 is 0 Å². The van der Waals surface area contributed by atoms with Crippen LogP contribution >= 0.6 is 31.9 Å². The predicted octanol–water partition coefficient (Wildman–Crippen LogP) is 4.07. The Morgan fingerprint density at radius 1 is 1.21 bits per heavy atom. The average molecular weight is 411 g/mol. The van der Waals surface area contributed by atoms with Gasteiger partial charge < -0.3 is 0 Å². The van der Waals surface area contributed by atoms with E-state index in [9.17, 15) is 8.42 Å². The van der Waals surface area contributed by atoms with Gasteiger partial charge in [-0.25, -0.2) is 13.1 Å². The van der Waals surface area contributed by atoms with Gasteiger partial charge in [-0.05, 0) is 52.9 Å². The summed E-state index contributed by atoms with van der Waals surface area (Å²) < 4.78 is 29.1. The quantitative estimate of drug-likeness (QED) is 0.816. The monoisotopic (exact) mass is 409 g/mol. The molecule has 1 aromatic carbocycles. The zero-order chi connectivity index (χ0) is 14.0. The molecule has 1 N–H and O–H groups in total. The molecule has 0 spiro atoms. The van der Waals surface area contributed by atoms with Gasteiger partial charge in [-0.3, -0.25) is 0 Å². The largest absolute Gasteiger partial charge is 0.241 e. The van der Waals surface area contributed by atoms with E-state index in [0.29, 0.717) is 15.3 Å². The van der Waals surface area contributed by atoms with Crippen molar-refractivity contribution in [3.05, 3.63) is 27.1 Å². The molecule has 6 heteroatoms. The van der Waals surface area contributed by atoms with Gasteiger partial charge in [-0.2, -0.15) is 0 Å². The third-order valence-electron chi connectivity index (χ3n) is 3.60. The molecule has 0 saturated heterocycles. The molecule has 0 aromatic heterocycles. The van der Waals surface area contributed by atoms with Crippen LogP contribution in [0.1, 0.15) is 32.6 Å². The van der Waals surface area contributed by atoms with Crippen molar-refractivity contribution in [1.82, 2.24) is 4.72 Å². The van der Waals surface area contributed by atoms with Crippen LogP contribution in [-0.4, -0.2) is 14.5 Å². The number of benzene rings is 1. The highest BCUT2D eigenvalue weighted by Gasteiger charge is 2.27. The molecule has 0 unspecified atom stereocenters. The van der Waals surface area contributed by atoms with Crippen LogP contribution in [0.25, 0.3) is 0 Å². The summed E-state index contributed by atoms with van der Waals surface area (Å²) >= 11 is 6.62. The Hall–Kier alpha value is 0.0900. The van der Waals surface area contributed by atoms with Crippen LogP contribution < -0.4 is 4.72 Å². The van der Waals surface area contributed by atoms with E-state index in [1.54, 1.807) is 12.1 Å². The molecule has 19 heavy (non-hydrogen) atoms. The van der Waals surface area contributed by atoms with Crippen LogP contribution in [0.5, 0.6) is 0 Å². The molecular formula is C13H17Br2NO2S. The average Bonchev–Trinajstić information content (AvgIpc) is 2.35. The third kappa shape index (κ3) is 3.80. The Morgan fingerprint density at radius 2 is 1.89 bits per heavy atom. The minimum atomic E-state index is -3.47. The molecule has 0 aliphatic heterocycles. The van der Waals surface area contributed by atoms with Crippen LogP contribution in [0, 0.1) is 5.92 Å². The van der Waals surface area contributed by atoms with Gasteiger partial charge in [-0.15, -0.1) is 0 Å². The molecule has 1 aliphatic rings. The fraction of sp³-hybridized carbons (Fsp3) is 0.538. The van der Waals surface area contributed by atoms with E-state index in [4.69, 9.17) is 0 Å². The van der Waals surface area contributed by atoms with Gasteiger partial charge in [0.1, 0.15) is 0 Å². The molecule has 0 radical (unpaired) electrons. The van der Waals surface area contributed by atoms with Crippen LogP contribution in [-0.2, 0) is 10.0 Å². The van der Waals surface area contributed by atoms with Crippen LogP contribution in [0.2, 0.25) is 0 Å². The highest BCUT2D eigenvalue weighted by molar-refractivity contribution is 9.11. The van der Waals surface area contributed by atoms with E-state index in [0.717, 1.165) is 23.7 Å². The molecular weight excluding hydrogens is 394 g/mol. The topological polar surface area (TPSA) is 46.2 Å². The van der Waals surface area contributed by atoms with Gasteiger partial charge in [-0.1, -0.05) is 35.7 Å². The molecule has 106 valence electrons. The van der Waals surface area contributed by atoms with Crippen molar-refractivity contribution < 1.29 is 8.42 Å². The first-order chi connectivity index (χ1) is 8.90. The molecule has 0 amide bonds. The molecule has 3 nitrogen and oxygen atoms in total. The molecule has 0 heterocycles. The van der Waals surface area contributed by atoms with E-state index in [-0.39, 0.29) is 6.04 Å². The Bertz CT molecular complexity index is 560. The normalized spacial score (nSPS) is 24.4. The third-order valence-corrected chi connectivity index (χ3v) is 6.58. The lowest BCUT2D eigenvalue weighted by Gasteiger charge is -2.29. The van der Waals surface area contributed by atoms with E-state index >= 15 is 0 Å². The summed E-state index contributed by atoms with van der Waals surface area (Å²) in [5, 5.41) is 0. The van der Waals surface area contributed by atoms with Crippen molar-refractivity contribution >= 4 is 41.9 Å². The van der Waals surface area contributed by atoms with Crippen molar-refractivity contribution in [3.8, 4) is 0 Å². The standard InChI is InChI=1S/C13H17Br2NO2S/c1-9-4-2-3-5-12(9)16-19(17,18)13-8-10(14)6-7-11(13)15/h6-9,12,16H,2-5H2,1H3/t9-,12-/m0/s1. The molecule has 1 aliphatic carbocycles. The summed E-state index contributed by atoms with van der Waals surface area (Å²) in [5.74, 6) is 0.398. The Labute approximate surface area is 131 Å². The minimum absolute atomic E-state index is 0.0460. The Morgan fingerprint density at radius 3 is 2.58 bits per heavy atom. The molecule has 1 fully saturated rings. The number of sulfonamides is 1. The lowest BCUT2D eigenvalue weighted by atomic mass is 9.87. The fourth-order valence-electron chi connectivity index (χ4n) is 2.44. The maximum Gasteiger partial charge on any atom is 0.241 e. The highest BCUT2D eigenvalue weighted by atomic mass is 79.9. The van der Waals surface area contributed by atoms with Gasteiger partial charge in [0.25, 0.3) is 0 Å². The van der Waals surface area contributed by atoms with Crippen LogP contribution in [0.3, 0.4) is 0 Å². The van der Waals surface area contributed by atoms with E-state index in [1.165, 1.54) is 6.42 Å². The van der Waals surface area contributed by atoms with E-state index in [1.807, 2.05) is 6.07 Å². The first-order valence-corrected chi connectivity index (χ1v) is 9.44. The van der Waals surface area contributed by atoms with Crippen LogP contribution in [0.15, 0.2) is 32.0 Å². The van der Waals surface area contributed by atoms with Gasteiger partial charge in [0.05, 0.1) is 4.90 Å². The molecule has 0 bridgehead atoms. The van der Waals surface area contributed by atoms with Crippen molar-refractivity contribution in [2.45, 2.75) is 43.5 Å². The van der Waals surface area contributed by atoms with E-state index < -0.39 is 10.0 Å². The second-order valence-corrected chi connectivity index (χ2v) is 8.52. The second-order valence-electron chi connectivity index (χ2n) is 5.06. The summed E-state index contributed by atoms with van der Waals surface area (Å²) in [5.41, 5.74) is 0. The zero-order valence-corrected chi connectivity index (χ0v) is 14.7. The van der Waals surface area contributed by atoms with Crippen LogP contribution in [0.4, 0.5) is 0 Å². The number of halogens is 2. The summed E-state index contributed by atoms with van der Waals surface area (Å²) in [6.45, 7) is 2.11. The van der Waals surface area contributed by atoms with E-state index in [2.05, 4.69) is 43.5 Å². The maximum atomic E-state index is 12.5. The minimum Gasteiger partial charge on any atom is -0.208 e. The summed E-state index contributed by atoms with van der Waals surface area (Å²) in [4.78, 5) is 0.291. The number of hydrogen-bond acceptors (Lipinski definition) is 2. The molecule has 2 rings (SSSR count). The maximum absolute atomic E-state index is 12.5. The first-order valence-electron chi connectivity index (χ1n) is 6.37. The summed E-state index contributed by atoms with van der Waals surface area (Å²) in [7, 11) is -3.47. The van der Waals surface area contributed by atoms with Crippen molar-refractivity contribution in [3.63, 3.8) is 0 Å². The van der Waals surface area contributed by atoms with Crippen molar-refractivity contribution in [1.29, 1.82) is 0 Å². The molecule has 1 saturated carbocycles. The second kappa shape index (κ2) is 6.24. The predicted molar refractivity (Wildman–Crippen MR) is 83.6 cm³/mol. The lowest BCUT2D eigenvalue weighted by molar-refractivity contribution is 0.310. The number of nitrogens with one attached hydrogen (secondary N) is 1. The fourth-order valence-corrected chi connectivity index (χ4v) is 5.32. The zero-order valence-electron chi connectivity index (χ0n) is 10.7.